The van der Waals surface area contributed by atoms with Gasteiger partial charge >= 0.3 is 20.5 Å². The van der Waals surface area contributed by atoms with Gasteiger partial charge in [-0.05, 0) is 33.3 Å². The van der Waals surface area contributed by atoms with Gasteiger partial charge in [-0.1, -0.05) is 31.9 Å². The van der Waals surface area contributed by atoms with Gasteiger partial charge in [-0.15, -0.1) is 0 Å². The molecule has 0 saturated carbocycles. The van der Waals surface area contributed by atoms with E-state index in [2.05, 4.69) is 40.9 Å². The molecule has 0 fully saturated rings. The molecular formula is C16H10Br2F6O5P+. The van der Waals surface area contributed by atoms with E-state index in [0.717, 1.165) is 12.1 Å². The molecule has 30 heavy (non-hydrogen) atoms. The van der Waals surface area contributed by atoms with Crippen molar-refractivity contribution >= 4 is 40.1 Å². The summed E-state index contributed by atoms with van der Waals surface area (Å²) in [5.41, 5.74) is -3.09. The smallest absolute Gasteiger partial charge is 0.392 e. The minimum atomic E-state index is -4.54. The van der Waals surface area contributed by atoms with Crippen molar-refractivity contribution in [3.63, 3.8) is 0 Å². The van der Waals surface area contributed by atoms with E-state index >= 15 is 0 Å². The Bertz CT molecular complexity index is 900. The normalized spacial score (nSPS) is 12.3. The number of benzene rings is 2. The van der Waals surface area contributed by atoms with Gasteiger partial charge in [0, 0.05) is 24.6 Å². The highest BCUT2D eigenvalue weighted by Crippen LogP contribution is 2.49. The Balaban J connectivity index is 2.26. The summed E-state index contributed by atoms with van der Waals surface area (Å²) < 4.78 is 103. The highest BCUT2D eigenvalue weighted by atomic mass is 79.9. The Morgan fingerprint density at radius 3 is 1.43 bits per heavy atom. The molecule has 0 saturated heterocycles. The van der Waals surface area contributed by atoms with Gasteiger partial charge in [-0.25, -0.2) is 8.78 Å². The summed E-state index contributed by atoms with van der Waals surface area (Å²) in [4.78, 5) is 0. The summed E-state index contributed by atoms with van der Waals surface area (Å²) in [6, 6.07) is 2.12. The predicted octanol–water partition coefficient (Wildman–Crippen LogP) is 5.96. The van der Waals surface area contributed by atoms with E-state index < -0.39 is 65.4 Å². The first-order chi connectivity index (χ1) is 13.8. The molecule has 0 aromatic heterocycles. The van der Waals surface area contributed by atoms with E-state index in [9.17, 15) is 30.9 Å². The van der Waals surface area contributed by atoms with E-state index in [1.807, 2.05) is 0 Å². The Kier molecular flexibility index (Phi) is 8.05. The topological polar surface area (TPSA) is 76.0 Å². The molecule has 0 spiro atoms. The van der Waals surface area contributed by atoms with E-state index in [1.165, 1.54) is 0 Å². The summed E-state index contributed by atoms with van der Waals surface area (Å²) in [5.74, 6) is -2.49. The molecule has 0 amide bonds. The Labute approximate surface area is 182 Å². The van der Waals surface area contributed by atoms with Crippen LogP contribution < -0.4 is 0 Å². The molecule has 2 aromatic carbocycles. The second kappa shape index (κ2) is 9.60. The molecule has 5 nitrogen and oxygen atoms in total. The average molecular weight is 587 g/mol. The van der Waals surface area contributed by atoms with Crippen LogP contribution in [0.15, 0.2) is 33.2 Å². The van der Waals surface area contributed by atoms with Crippen molar-refractivity contribution in [1.29, 1.82) is 0 Å². The highest BCUT2D eigenvalue weighted by molar-refractivity contribution is 9.10. The minimum Gasteiger partial charge on any atom is -0.392 e. The summed E-state index contributed by atoms with van der Waals surface area (Å²) in [5, 5.41) is 17.8. The summed E-state index contributed by atoms with van der Waals surface area (Å²) in [6.45, 7) is -1.61. The zero-order valence-corrected chi connectivity index (χ0v) is 18.4. The van der Waals surface area contributed by atoms with Gasteiger partial charge in [-0.2, -0.15) is 17.6 Å². The molecule has 0 aliphatic carbocycles. The lowest BCUT2D eigenvalue weighted by Gasteiger charge is -2.15. The van der Waals surface area contributed by atoms with Gasteiger partial charge in [0.15, 0.2) is 0 Å². The van der Waals surface area contributed by atoms with Crippen molar-refractivity contribution in [1.82, 2.24) is 0 Å². The Morgan fingerprint density at radius 2 is 1.13 bits per heavy atom. The van der Waals surface area contributed by atoms with Gasteiger partial charge in [0.1, 0.15) is 11.6 Å². The average Bonchev–Trinajstić information content (AvgIpc) is 2.63. The molecule has 2 rings (SSSR count). The number of aliphatic hydroxyl groups excluding tert-OH is 2. The molecule has 0 atom stereocenters. The zero-order chi connectivity index (χ0) is 22.9. The molecular weight excluding hydrogens is 577 g/mol. The Morgan fingerprint density at radius 1 is 0.800 bits per heavy atom. The number of hydrogen-bond donors (Lipinski definition) is 2. The standard InChI is InChI=1S/C16H10Br2F6O5P/c17-11-1-7(5-25)13(19)3-9(11)15(21,22)28-30(27)29-16(23,24)10-4-14(20)8(6-26)2-12(10)18/h1-4,25-26H,5-6H2/q+1. The number of hydrogen-bond acceptors (Lipinski definition) is 5. The quantitative estimate of drug-likeness (QED) is 0.295. The first kappa shape index (κ1) is 25.2. The van der Waals surface area contributed by atoms with Crippen LogP contribution in [0, 0.1) is 11.6 Å². The lowest BCUT2D eigenvalue weighted by molar-refractivity contribution is -0.221. The Hall–Kier alpha value is -1.08. The number of rotatable bonds is 8. The fourth-order valence-corrected chi connectivity index (χ4v) is 4.02. The third kappa shape index (κ3) is 5.58. The van der Waals surface area contributed by atoms with Crippen molar-refractivity contribution in [2.75, 3.05) is 0 Å². The van der Waals surface area contributed by atoms with Crippen LogP contribution in [0.25, 0.3) is 0 Å². The summed E-state index contributed by atoms with van der Waals surface area (Å²) >= 11 is 5.37. The maximum atomic E-state index is 14.2. The van der Waals surface area contributed by atoms with Crippen molar-refractivity contribution in [2.45, 2.75) is 25.4 Å². The first-order valence-electron chi connectivity index (χ1n) is 7.62. The monoisotopic (exact) mass is 585 g/mol. The van der Waals surface area contributed by atoms with E-state index in [0.29, 0.717) is 0 Å². The van der Waals surface area contributed by atoms with Crippen LogP contribution in [0.3, 0.4) is 0 Å². The fraction of sp³-hybridized carbons (Fsp3) is 0.250. The van der Waals surface area contributed by atoms with Crippen LogP contribution in [-0.2, 0) is 39.0 Å². The third-order valence-electron chi connectivity index (χ3n) is 3.62. The van der Waals surface area contributed by atoms with Gasteiger partial charge in [-0.3, -0.25) is 0 Å². The second-order valence-corrected chi connectivity index (χ2v) is 8.12. The van der Waals surface area contributed by atoms with Crippen LogP contribution in [0.4, 0.5) is 26.3 Å². The molecule has 14 heteroatoms. The number of alkyl halides is 4. The van der Waals surface area contributed by atoms with E-state index in [-0.39, 0.29) is 23.3 Å². The minimum absolute atomic E-state index is 0.260. The van der Waals surface area contributed by atoms with Crippen molar-refractivity contribution < 1.29 is 50.2 Å². The molecule has 164 valence electrons. The molecule has 0 radical (unpaired) electrons. The largest absolute Gasteiger partial charge is 0.710 e. The van der Waals surface area contributed by atoms with Crippen molar-refractivity contribution in [3.8, 4) is 0 Å². The molecule has 0 bridgehead atoms. The lowest BCUT2D eigenvalue weighted by Crippen LogP contribution is -2.20. The van der Waals surface area contributed by atoms with Crippen LogP contribution in [-0.4, -0.2) is 10.2 Å². The van der Waals surface area contributed by atoms with Crippen LogP contribution in [0.5, 0.6) is 0 Å². The molecule has 0 unspecified atom stereocenters. The summed E-state index contributed by atoms with van der Waals surface area (Å²) in [6.07, 6.45) is -9.08. The molecule has 0 aliphatic heterocycles. The van der Waals surface area contributed by atoms with Crippen LogP contribution >= 0.6 is 40.1 Å². The van der Waals surface area contributed by atoms with Crippen LogP contribution in [0.2, 0.25) is 0 Å². The zero-order valence-electron chi connectivity index (χ0n) is 14.3. The predicted molar refractivity (Wildman–Crippen MR) is 97.6 cm³/mol. The molecule has 0 heterocycles. The second-order valence-electron chi connectivity index (χ2n) is 5.60. The number of halogens is 8. The molecule has 2 aromatic rings. The first-order valence-corrected chi connectivity index (χ1v) is 10.3. The molecule has 0 aliphatic rings. The van der Waals surface area contributed by atoms with Gasteiger partial charge in [0.25, 0.3) is 0 Å². The lowest BCUT2D eigenvalue weighted by atomic mass is 10.1. The van der Waals surface area contributed by atoms with Crippen molar-refractivity contribution in [3.05, 3.63) is 67.1 Å². The van der Waals surface area contributed by atoms with Crippen LogP contribution in [0.1, 0.15) is 22.3 Å². The maximum Gasteiger partial charge on any atom is 0.710 e. The van der Waals surface area contributed by atoms with E-state index in [1.54, 1.807) is 0 Å². The van der Waals surface area contributed by atoms with Gasteiger partial charge in [0.05, 0.1) is 24.3 Å². The SMILES string of the molecule is O=[P+](OC(F)(F)c1cc(F)c(CO)cc1Br)OC(F)(F)c1cc(F)c(CO)cc1Br. The van der Waals surface area contributed by atoms with Gasteiger partial charge in [0.2, 0.25) is 0 Å². The highest BCUT2D eigenvalue weighted by Gasteiger charge is 2.53. The number of aliphatic hydroxyl groups is 2. The van der Waals surface area contributed by atoms with E-state index in [4.69, 9.17) is 10.2 Å². The van der Waals surface area contributed by atoms with Crippen molar-refractivity contribution in [2.24, 2.45) is 0 Å². The van der Waals surface area contributed by atoms with Gasteiger partial charge < -0.3 is 10.2 Å². The molecule has 2 N–H and O–H groups in total. The maximum absolute atomic E-state index is 14.2. The fourth-order valence-electron chi connectivity index (χ4n) is 2.17. The summed E-state index contributed by atoms with van der Waals surface area (Å²) in [7, 11) is -4.21. The third-order valence-corrected chi connectivity index (χ3v) is 5.69.